The Morgan fingerprint density at radius 1 is 1.38 bits per heavy atom. The van der Waals surface area contributed by atoms with Gasteiger partial charge in [0.25, 0.3) is 10.0 Å². The lowest BCUT2D eigenvalue weighted by atomic mass is 10.2. The van der Waals surface area contributed by atoms with Crippen LogP contribution in [-0.2, 0) is 29.5 Å². The van der Waals surface area contributed by atoms with E-state index in [9.17, 15) is 12.8 Å². The number of aryl methyl sites for hydroxylation is 2. The fourth-order valence-electron chi connectivity index (χ4n) is 2.26. The van der Waals surface area contributed by atoms with Crippen molar-refractivity contribution in [3.63, 3.8) is 0 Å². The third-order valence-electron chi connectivity index (χ3n) is 3.29. The third-order valence-corrected chi connectivity index (χ3v) is 5.86. The van der Waals surface area contributed by atoms with E-state index in [0.717, 1.165) is 42.0 Å². The number of thiazole rings is 1. The Morgan fingerprint density at radius 3 is 2.86 bits per heavy atom. The van der Waals surface area contributed by atoms with Gasteiger partial charge in [-0.25, -0.2) is 17.8 Å². The topological polar surface area (TPSA) is 79.3 Å². The molecule has 0 bridgehead atoms. The van der Waals surface area contributed by atoms with Crippen LogP contribution in [-0.4, -0.2) is 18.5 Å². The van der Waals surface area contributed by atoms with E-state index in [2.05, 4.69) is 9.71 Å². The van der Waals surface area contributed by atoms with Crippen LogP contribution in [0.25, 0.3) is 0 Å². The van der Waals surface area contributed by atoms with Gasteiger partial charge in [-0.3, -0.25) is 4.72 Å². The Morgan fingerprint density at radius 2 is 2.19 bits per heavy atom. The molecule has 0 saturated carbocycles. The standard InChI is InChI=1S/C13H13FN2O3S2/c14-9-6-8(7-17)4-5-12(9)21(18,19)16-13-15-10-2-1-3-11(10)20-13/h4-6,17H,1-3,7H2,(H,15,16). The van der Waals surface area contributed by atoms with E-state index in [1.165, 1.54) is 17.4 Å². The average Bonchev–Trinajstić information content (AvgIpc) is 2.98. The van der Waals surface area contributed by atoms with E-state index in [-0.39, 0.29) is 11.7 Å². The summed E-state index contributed by atoms with van der Waals surface area (Å²) in [6.07, 6.45) is 2.81. The van der Waals surface area contributed by atoms with Gasteiger partial charge in [-0.1, -0.05) is 6.07 Å². The number of nitrogens with one attached hydrogen (secondary N) is 1. The Labute approximate surface area is 125 Å². The van der Waals surface area contributed by atoms with Crippen molar-refractivity contribution in [2.45, 2.75) is 30.8 Å². The highest BCUT2D eigenvalue weighted by molar-refractivity contribution is 7.93. The lowest BCUT2D eigenvalue weighted by Crippen LogP contribution is -2.14. The molecule has 21 heavy (non-hydrogen) atoms. The molecule has 2 N–H and O–H groups in total. The van der Waals surface area contributed by atoms with Crippen molar-refractivity contribution in [3.05, 3.63) is 40.2 Å². The van der Waals surface area contributed by atoms with Gasteiger partial charge in [0.2, 0.25) is 0 Å². The van der Waals surface area contributed by atoms with Gasteiger partial charge in [0.05, 0.1) is 12.3 Å². The summed E-state index contributed by atoms with van der Waals surface area (Å²) < 4.78 is 40.6. The van der Waals surface area contributed by atoms with Crippen molar-refractivity contribution in [3.8, 4) is 0 Å². The lowest BCUT2D eigenvalue weighted by molar-refractivity contribution is 0.281. The number of fused-ring (bicyclic) bond motifs is 1. The summed E-state index contributed by atoms with van der Waals surface area (Å²) in [7, 11) is -4.02. The van der Waals surface area contributed by atoms with Crippen LogP contribution >= 0.6 is 11.3 Å². The number of hydrogen-bond acceptors (Lipinski definition) is 5. The quantitative estimate of drug-likeness (QED) is 0.900. The van der Waals surface area contributed by atoms with Crippen molar-refractivity contribution >= 4 is 26.5 Å². The van der Waals surface area contributed by atoms with Crippen LogP contribution in [0.1, 0.15) is 22.6 Å². The zero-order valence-corrected chi connectivity index (χ0v) is 12.6. The van der Waals surface area contributed by atoms with Crippen molar-refractivity contribution in [1.29, 1.82) is 0 Å². The molecule has 5 nitrogen and oxygen atoms in total. The first-order valence-corrected chi connectivity index (χ1v) is 8.70. The number of nitrogens with zero attached hydrogens (tertiary/aromatic N) is 1. The normalized spacial score (nSPS) is 14.2. The molecule has 0 saturated heterocycles. The first kappa shape index (κ1) is 14.4. The molecular weight excluding hydrogens is 315 g/mol. The van der Waals surface area contributed by atoms with Gasteiger partial charge in [-0.05, 0) is 37.0 Å². The van der Waals surface area contributed by atoms with E-state index in [1.54, 1.807) is 0 Å². The van der Waals surface area contributed by atoms with Gasteiger partial charge >= 0.3 is 0 Å². The first-order valence-electron chi connectivity index (χ1n) is 6.40. The van der Waals surface area contributed by atoms with Crippen LogP contribution in [0.15, 0.2) is 23.1 Å². The highest BCUT2D eigenvalue weighted by Crippen LogP contribution is 2.31. The van der Waals surface area contributed by atoms with E-state index in [4.69, 9.17) is 5.11 Å². The predicted molar refractivity (Wildman–Crippen MR) is 77.3 cm³/mol. The molecule has 1 aromatic carbocycles. The van der Waals surface area contributed by atoms with Gasteiger partial charge in [0, 0.05) is 4.88 Å². The predicted octanol–water partition coefficient (Wildman–Crippen LogP) is 2.06. The fourth-order valence-corrected chi connectivity index (χ4v) is 4.61. The molecule has 1 aliphatic rings. The maximum atomic E-state index is 13.9. The Balaban J connectivity index is 1.89. The maximum absolute atomic E-state index is 13.9. The molecule has 3 rings (SSSR count). The van der Waals surface area contributed by atoms with Crippen LogP contribution in [0.2, 0.25) is 0 Å². The fraction of sp³-hybridized carbons (Fsp3) is 0.308. The number of halogens is 1. The van der Waals surface area contributed by atoms with Crippen LogP contribution in [0.5, 0.6) is 0 Å². The number of hydrogen-bond donors (Lipinski definition) is 2. The summed E-state index contributed by atoms with van der Waals surface area (Å²) in [6, 6.07) is 3.53. The average molecular weight is 328 g/mol. The monoisotopic (exact) mass is 328 g/mol. The van der Waals surface area contributed by atoms with E-state index in [0.29, 0.717) is 5.56 Å². The molecule has 1 aromatic heterocycles. The minimum Gasteiger partial charge on any atom is -0.392 e. The number of anilines is 1. The third kappa shape index (κ3) is 2.78. The molecule has 0 spiro atoms. The molecule has 0 unspecified atom stereocenters. The second kappa shape index (κ2) is 5.36. The van der Waals surface area contributed by atoms with Gasteiger partial charge in [0.15, 0.2) is 5.13 Å². The van der Waals surface area contributed by atoms with Crippen LogP contribution in [0.3, 0.4) is 0 Å². The molecule has 0 atom stereocenters. The Kier molecular flexibility index (Phi) is 3.68. The summed E-state index contributed by atoms with van der Waals surface area (Å²) in [6.45, 7) is -0.343. The summed E-state index contributed by atoms with van der Waals surface area (Å²) in [5, 5.41) is 9.19. The summed E-state index contributed by atoms with van der Waals surface area (Å²) in [5.41, 5.74) is 1.24. The highest BCUT2D eigenvalue weighted by atomic mass is 32.2. The Hall–Kier alpha value is -1.51. The van der Waals surface area contributed by atoms with Crippen LogP contribution in [0, 0.1) is 5.82 Å². The number of aromatic nitrogens is 1. The summed E-state index contributed by atoms with van der Waals surface area (Å²) in [4.78, 5) is 4.87. The zero-order chi connectivity index (χ0) is 15.0. The Bertz CT molecular complexity index is 765. The molecule has 1 aliphatic carbocycles. The van der Waals surface area contributed by atoms with Gasteiger partial charge < -0.3 is 5.11 Å². The number of aliphatic hydroxyl groups excluding tert-OH is 1. The second-order valence-corrected chi connectivity index (χ2v) is 7.51. The number of aliphatic hydroxyl groups is 1. The van der Waals surface area contributed by atoms with Crippen molar-refractivity contribution in [1.82, 2.24) is 4.98 Å². The molecule has 0 radical (unpaired) electrons. The molecule has 0 aliphatic heterocycles. The SMILES string of the molecule is O=S(=O)(Nc1nc2c(s1)CCC2)c1ccc(CO)cc1F. The minimum atomic E-state index is -4.02. The summed E-state index contributed by atoms with van der Waals surface area (Å²) in [5.74, 6) is -0.891. The largest absolute Gasteiger partial charge is 0.392 e. The molecule has 2 aromatic rings. The number of benzene rings is 1. The van der Waals surface area contributed by atoms with E-state index in [1.807, 2.05) is 0 Å². The minimum absolute atomic E-state index is 0.269. The van der Waals surface area contributed by atoms with Crippen molar-refractivity contribution in [2.24, 2.45) is 0 Å². The van der Waals surface area contributed by atoms with Gasteiger partial charge in [0.1, 0.15) is 10.7 Å². The summed E-state index contributed by atoms with van der Waals surface area (Å²) >= 11 is 1.29. The molecule has 112 valence electrons. The maximum Gasteiger partial charge on any atom is 0.266 e. The van der Waals surface area contributed by atoms with Gasteiger partial charge in [-0.15, -0.1) is 11.3 Å². The smallest absolute Gasteiger partial charge is 0.266 e. The second-order valence-electron chi connectivity index (χ2n) is 4.77. The molecule has 1 heterocycles. The molecular formula is C13H13FN2O3S2. The lowest BCUT2D eigenvalue weighted by Gasteiger charge is -2.07. The van der Waals surface area contributed by atoms with Gasteiger partial charge in [-0.2, -0.15) is 0 Å². The first-order chi connectivity index (χ1) is 9.99. The number of rotatable bonds is 4. The molecule has 0 amide bonds. The van der Waals surface area contributed by atoms with Crippen molar-refractivity contribution < 1.29 is 17.9 Å². The number of sulfonamides is 1. The van der Waals surface area contributed by atoms with Crippen molar-refractivity contribution in [2.75, 3.05) is 4.72 Å². The molecule has 0 fully saturated rings. The van der Waals surface area contributed by atoms with E-state index >= 15 is 0 Å². The highest BCUT2D eigenvalue weighted by Gasteiger charge is 2.23. The van der Waals surface area contributed by atoms with Crippen LogP contribution < -0.4 is 4.72 Å². The van der Waals surface area contributed by atoms with E-state index < -0.39 is 20.7 Å². The zero-order valence-electron chi connectivity index (χ0n) is 11.0. The molecule has 8 heteroatoms. The van der Waals surface area contributed by atoms with Crippen LogP contribution in [0.4, 0.5) is 9.52 Å².